The van der Waals surface area contributed by atoms with Crippen LogP contribution in [0.25, 0.3) is 0 Å². The van der Waals surface area contributed by atoms with Gasteiger partial charge in [-0.2, -0.15) is 5.10 Å². The third kappa shape index (κ3) is 3.90. The van der Waals surface area contributed by atoms with Gasteiger partial charge >= 0.3 is 0 Å². The smallest absolute Gasteiger partial charge is 0.130 e. The molecule has 1 aliphatic rings. The average molecular weight is 325 g/mol. The fourth-order valence-corrected chi connectivity index (χ4v) is 3.34. The second-order valence-corrected chi connectivity index (χ2v) is 6.53. The minimum absolute atomic E-state index is 0.753. The molecule has 0 saturated carbocycles. The van der Waals surface area contributed by atoms with Crippen LogP contribution in [0.3, 0.4) is 0 Å². The monoisotopic (exact) mass is 325 g/mol. The first-order chi connectivity index (χ1) is 11.7. The quantitative estimate of drug-likeness (QED) is 0.628. The third-order valence-electron chi connectivity index (χ3n) is 4.64. The summed E-state index contributed by atoms with van der Waals surface area (Å²) in [7, 11) is 0. The number of nitrogens with zero attached hydrogens (tertiary/aromatic N) is 4. The number of rotatable bonds is 7. The topological polar surface area (TPSA) is 55.6 Å². The molecule has 0 aromatic carbocycles. The molecule has 5 nitrogen and oxygen atoms in total. The van der Waals surface area contributed by atoms with Gasteiger partial charge in [-0.05, 0) is 45.1 Å². The van der Waals surface area contributed by atoms with Crippen LogP contribution in [-0.4, -0.2) is 26.3 Å². The van der Waals surface area contributed by atoms with Crippen LogP contribution in [-0.2, 0) is 32.4 Å². The zero-order valence-electron chi connectivity index (χ0n) is 14.8. The van der Waals surface area contributed by atoms with Crippen LogP contribution in [0.5, 0.6) is 0 Å². The van der Waals surface area contributed by atoms with E-state index in [1.165, 1.54) is 35.4 Å². The molecule has 0 aliphatic heterocycles. The Morgan fingerprint density at radius 2 is 2.04 bits per heavy atom. The van der Waals surface area contributed by atoms with Crippen LogP contribution in [0, 0.1) is 13.8 Å². The summed E-state index contributed by atoms with van der Waals surface area (Å²) in [6.07, 6.45) is 9.61. The van der Waals surface area contributed by atoms with Crippen molar-refractivity contribution in [3.63, 3.8) is 0 Å². The van der Waals surface area contributed by atoms with Crippen molar-refractivity contribution in [3.05, 3.63) is 52.9 Å². The number of hydrogen-bond acceptors (Lipinski definition) is 4. The normalized spacial score (nSPS) is 13.8. The van der Waals surface area contributed by atoms with E-state index >= 15 is 0 Å². The van der Waals surface area contributed by atoms with Crippen LogP contribution < -0.4 is 5.32 Å². The molecule has 2 heterocycles. The van der Waals surface area contributed by atoms with Crippen molar-refractivity contribution in [2.24, 2.45) is 0 Å². The van der Waals surface area contributed by atoms with E-state index in [4.69, 9.17) is 9.97 Å². The van der Waals surface area contributed by atoms with Gasteiger partial charge in [0.2, 0.25) is 0 Å². The number of aryl methyl sites for hydroxylation is 3. The molecule has 0 fully saturated rings. The first-order valence-corrected chi connectivity index (χ1v) is 8.87. The fraction of sp³-hybridized carbons (Fsp3) is 0.526. The Hall–Kier alpha value is -2.01. The van der Waals surface area contributed by atoms with Crippen molar-refractivity contribution in [3.8, 4) is 0 Å². The molecule has 3 rings (SSSR count). The first kappa shape index (κ1) is 16.8. The molecule has 0 saturated heterocycles. The molecule has 0 spiro atoms. The van der Waals surface area contributed by atoms with Crippen LogP contribution >= 0.6 is 0 Å². The van der Waals surface area contributed by atoms with E-state index in [1.54, 1.807) is 0 Å². The van der Waals surface area contributed by atoms with Gasteiger partial charge in [-0.15, -0.1) is 6.58 Å². The summed E-state index contributed by atoms with van der Waals surface area (Å²) in [4.78, 5) is 9.48. The minimum atomic E-state index is 0.753. The lowest BCUT2D eigenvalue weighted by atomic mass is 9.95. The van der Waals surface area contributed by atoms with Gasteiger partial charge in [0.25, 0.3) is 0 Å². The van der Waals surface area contributed by atoms with E-state index < -0.39 is 0 Å². The maximum atomic E-state index is 4.79. The highest BCUT2D eigenvalue weighted by Crippen LogP contribution is 2.21. The van der Waals surface area contributed by atoms with E-state index in [1.807, 2.05) is 17.7 Å². The van der Waals surface area contributed by atoms with E-state index in [0.717, 1.165) is 50.4 Å². The number of hydrogen-bond donors (Lipinski definition) is 1. The zero-order valence-corrected chi connectivity index (χ0v) is 14.8. The Morgan fingerprint density at radius 3 is 2.88 bits per heavy atom. The maximum absolute atomic E-state index is 4.79. The molecule has 0 bridgehead atoms. The molecule has 5 heteroatoms. The molecule has 24 heavy (non-hydrogen) atoms. The molecular formula is C19H27N5. The van der Waals surface area contributed by atoms with Gasteiger partial charge in [0, 0.05) is 42.7 Å². The van der Waals surface area contributed by atoms with Gasteiger partial charge < -0.3 is 5.32 Å². The van der Waals surface area contributed by atoms with E-state index in [0.29, 0.717) is 0 Å². The van der Waals surface area contributed by atoms with Crippen molar-refractivity contribution in [2.75, 3.05) is 6.54 Å². The highest BCUT2D eigenvalue weighted by Gasteiger charge is 2.15. The summed E-state index contributed by atoms with van der Waals surface area (Å²) in [6.45, 7) is 10.4. The van der Waals surface area contributed by atoms with Gasteiger partial charge in [0.1, 0.15) is 5.82 Å². The molecular weight excluding hydrogens is 298 g/mol. The Balaban J connectivity index is 1.53. The van der Waals surface area contributed by atoms with Gasteiger partial charge in [-0.25, -0.2) is 9.97 Å². The van der Waals surface area contributed by atoms with Crippen molar-refractivity contribution < 1.29 is 0 Å². The van der Waals surface area contributed by atoms with E-state index in [-0.39, 0.29) is 0 Å². The Morgan fingerprint density at radius 1 is 1.21 bits per heavy atom. The lowest BCUT2D eigenvalue weighted by Crippen LogP contribution is -2.19. The molecule has 0 amide bonds. The number of fused-ring (bicyclic) bond motifs is 1. The zero-order chi connectivity index (χ0) is 16.9. The number of aromatic nitrogens is 4. The fourth-order valence-electron chi connectivity index (χ4n) is 3.34. The van der Waals surface area contributed by atoms with Crippen LogP contribution in [0.2, 0.25) is 0 Å². The summed E-state index contributed by atoms with van der Waals surface area (Å²) in [5.41, 5.74) is 6.16. The Kier molecular flexibility index (Phi) is 5.41. The van der Waals surface area contributed by atoms with Gasteiger partial charge in [0.15, 0.2) is 0 Å². The Bertz CT molecular complexity index is 717. The summed E-state index contributed by atoms with van der Waals surface area (Å²) in [5.74, 6) is 0.972. The summed E-state index contributed by atoms with van der Waals surface area (Å²) in [6, 6.07) is 0. The van der Waals surface area contributed by atoms with Crippen LogP contribution in [0.4, 0.5) is 0 Å². The molecule has 2 aromatic rings. The largest absolute Gasteiger partial charge is 0.312 e. The minimum Gasteiger partial charge on any atom is -0.312 e. The van der Waals surface area contributed by atoms with Gasteiger partial charge in [-0.1, -0.05) is 6.08 Å². The molecule has 1 N–H and O–H groups in total. The van der Waals surface area contributed by atoms with Gasteiger partial charge in [0.05, 0.1) is 12.2 Å². The summed E-state index contributed by atoms with van der Waals surface area (Å²) >= 11 is 0. The van der Waals surface area contributed by atoms with Crippen molar-refractivity contribution in [1.82, 2.24) is 25.1 Å². The second-order valence-electron chi connectivity index (χ2n) is 6.53. The van der Waals surface area contributed by atoms with Crippen LogP contribution in [0.15, 0.2) is 18.9 Å². The number of allylic oxidation sites excluding steroid dienone is 1. The highest BCUT2D eigenvalue weighted by atomic mass is 15.3. The van der Waals surface area contributed by atoms with Crippen LogP contribution in [0.1, 0.15) is 46.9 Å². The predicted molar refractivity (Wildman–Crippen MR) is 96.0 cm³/mol. The predicted octanol–water partition coefficient (Wildman–Crippen LogP) is 2.69. The van der Waals surface area contributed by atoms with Crippen molar-refractivity contribution >= 4 is 0 Å². The van der Waals surface area contributed by atoms with Crippen molar-refractivity contribution in [1.29, 1.82) is 0 Å². The van der Waals surface area contributed by atoms with E-state index in [2.05, 4.69) is 30.1 Å². The molecule has 0 atom stereocenters. The first-order valence-electron chi connectivity index (χ1n) is 8.87. The lowest BCUT2D eigenvalue weighted by Gasteiger charge is -2.17. The van der Waals surface area contributed by atoms with Gasteiger partial charge in [-0.3, -0.25) is 4.68 Å². The summed E-state index contributed by atoms with van der Waals surface area (Å²) in [5, 5.41) is 7.96. The third-order valence-corrected chi connectivity index (χ3v) is 4.64. The maximum Gasteiger partial charge on any atom is 0.130 e. The second kappa shape index (κ2) is 7.71. The van der Waals surface area contributed by atoms with Crippen molar-refractivity contribution in [2.45, 2.75) is 59.0 Å². The molecule has 128 valence electrons. The number of nitrogens with one attached hydrogen (secondary N) is 1. The Labute approximate surface area is 144 Å². The summed E-state index contributed by atoms with van der Waals surface area (Å²) < 4.78 is 1.93. The average Bonchev–Trinajstić information content (AvgIpc) is 2.92. The standard InChI is InChI=1S/C19H27N5/c1-4-11-24-13-16(14(2)23-24)12-20-10-9-19-21-15(3)17-7-5-6-8-18(17)22-19/h4,13,20H,1,5-12H2,2-3H3. The molecule has 1 aliphatic carbocycles. The molecule has 0 radical (unpaired) electrons. The molecule has 0 unspecified atom stereocenters. The van der Waals surface area contributed by atoms with E-state index in [9.17, 15) is 0 Å². The SMILES string of the molecule is C=CCn1cc(CNCCc2nc(C)c3c(n2)CCCC3)c(C)n1. The highest BCUT2D eigenvalue weighted by molar-refractivity contribution is 5.27. The molecule has 2 aromatic heterocycles. The lowest BCUT2D eigenvalue weighted by molar-refractivity contribution is 0.630.